The van der Waals surface area contributed by atoms with Crippen molar-refractivity contribution in [2.45, 2.75) is 0 Å². The molecule has 0 saturated carbocycles. The molecule has 0 spiro atoms. The molecule has 126 valence electrons. The van der Waals surface area contributed by atoms with E-state index < -0.39 is 33.2 Å². The van der Waals surface area contributed by atoms with Crippen LogP contribution in [-0.2, 0) is 0 Å². The van der Waals surface area contributed by atoms with Crippen molar-refractivity contribution in [1.82, 2.24) is 15.0 Å². The van der Waals surface area contributed by atoms with Gasteiger partial charge in [0, 0.05) is 0 Å². The van der Waals surface area contributed by atoms with Gasteiger partial charge in [-0.05, 0) is 0 Å². The van der Waals surface area contributed by atoms with Gasteiger partial charge in [-0.1, -0.05) is 5.43 Å². The molecule has 0 radical (unpaired) electrons. The van der Waals surface area contributed by atoms with Crippen molar-refractivity contribution >= 4 is 11.9 Å². The van der Waals surface area contributed by atoms with Crippen molar-refractivity contribution in [3.63, 3.8) is 0 Å². The van der Waals surface area contributed by atoms with E-state index in [4.69, 9.17) is 11.5 Å². The first-order valence-electron chi connectivity index (χ1n) is 4.75. The third-order valence-corrected chi connectivity index (χ3v) is 1.23. The van der Waals surface area contributed by atoms with E-state index in [0.717, 1.165) is 0 Å². The van der Waals surface area contributed by atoms with Gasteiger partial charge in [0.15, 0.2) is 0 Å². The molecule has 1 rings (SSSR count). The SMILES string of the molecule is N[NH+]=C(N)N.O=[N+]([O-])[N-]c1nc(O[N+](=O)[O-])nc(O[N+](=O)[O-])n1. The number of rotatable bonds is 6. The lowest BCUT2D eigenvalue weighted by atomic mass is 10.9. The maximum atomic E-state index is 10.0. The second-order valence-corrected chi connectivity index (χ2v) is 2.77. The standard InChI is InChI=1S/C3N7O8.CH6N4/c11-8(12)7-1-4-2(17-9(13)14)6-3(5-1)18-10(15)16;2-1(3)5-4/h;4H2,(H4,2,3,5)/q-1;/p+1. The molecule has 0 atom stereocenters. The topological polar surface area (TPSA) is 293 Å². The maximum absolute atomic E-state index is 10.0. The van der Waals surface area contributed by atoms with Crippen molar-refractivity contribution in [2.24, 2.45) is 17.3 Å². The molecule has 0 amide bonds. The predicted octanol–water partition coefficient (Wildman–Crippen LogP) is -4.58. The lowest BCUT2D eigenvalue weighted by Crippen LogP contribution is -2.84. The Bertz CT molecular complexity index is 528. The highest BCUT2D eigenvalue weighted by molar-refractivity contribution is 5.68. The Morgan fingerprint density at radius 2 is 1.39 bits per heavy atom. The Hall–Kier alpha value is -4.32. The fourth-order valence-electron chi connectivity index (χ4n) is 0.661. The Kier molecular flexibility index (Phi) is 7.12. The number of hydrazone groups is 1. The highest BCUT2D eigenvalue weighted by Gasteiger charge is 2.08. The van der Waals surface area contributed by atoms with Crippen LogP contribution in [0.3, 0.4) is 0 Å². The van der Waals surface area contributed by atoms with Gasteiger partial charge in [-0.3, -0.25) is 27.0 Å². The van der Waals surface area contributed by atoms with Gasteiger partial charge in [0.1, 0.15) is 11.0 Å². The Morgan fingerprint density at radius 1 is 1.00 bits per heavy atom. The maximum Gasteiger partial charge on any atom is 0.360 e. The molecule has 0 aliphatic rings. The van der Waals surface area contributed by atoms with Gasteiger partial charge in [0.05, 0.1) is 0 Å². The van der Waals surface area contributed by atoms with Gasteiger partial charge in [-0.25, -0.2) is 10.1 Å². The van der Waals surface area contributed by atoms with Crippen LogP contribution in [0.5, 0.6) is 12.0 Å². The molecule has 0 bridgehead atoms. The second-order valence-electron chi connectivity index (χ2n) is 2.77. The van der Waals surface area contributed by atoms with Crippen molar-refractivity contribution < 1.29 is 30.0 Å². The number of guanidine groups is 1. The largest absolute Gasteiger partial charge is 0.360 e. The van der Waals surface area contributed by atoms with Gasteiger partial charge in [0.25, 0.3) is 0 Å². The van der Waals surface area contributed by atoms with E-state index in [1.54, 1.807) is 0 Å². The number of aromatic nitrogens is 3. The average Bonchev–Trinajstić information content (AvgIpc) is 2.36. The smallest absolute Gasteiger partial charge is 0.316 e. The third kappa shape index (κ3) is 9.25. The van der Waals surface area contributed by atoms with Gasteiger partial charge in [-0.15, -0.1) is 20.2 Å². The summed E-state index contributed by atoms with van der Waals surface area (Å²) >= 11 is 0. The summed E-state index contributed by atoms with van der Waals surface area (Å²) in [6.07, 6.45) is 0. The van der Waals surface area contributed by atoms with E-state index in [0.29, 0.717) is 0 Å². The average molecular weight is 337 g/mol. The van der Waals surface area contributed by atoms with Gasteiger partial charge < -0.3 is 9.97 Å². The van der Waals surface area contributed by atoms with Crippen molar-refractivity contribution in [3.05, 3.63) is 35.8 Å². The van der Waals surface area contributed by atoms with E-state index in [1.807, 2.05) is 5.10 Å². The zero-order chi connectivity index (χ0) is 18.0. The number of nitrogens with one attached hydrogen (secondary N) is 1. The number of nitro groups is 1. The molecule has 23 heavy (non-hydrogen) atoms. The quantitative estimate of drug-likeness (QED) is 0.125. The number of hydrazine groups is 1. The van der Waals surface area contributed by atoms with Crippen LogP contribution in [-0.4, -0.2) is 36.1 Å². The molecule has 1 heterocycles. The molecule has 19 nitrogen and oxygen atoms in total. The molecular formula is C4H7N11O8. The van der Waals surface area contributed by atoms with Gasteiger partial charge in [0.2, 0.25) is 12.0 Å². The van der Waals surface area contributed by atoms with Crippen molar-refractivity contribution in [3.8, 4) is 12.0 Å². The monoisotopic (exact) mass is 337 g/mol. The van der Waals surface area contributed by atoms with Crippen molar-refractivity contribution in [2.75, 3.05) is 0 Å². The summed E-state index contributed by atoms with van der Waals surface area (Å²) in [5.74, 6) is 3.70. The molecule has 19 heteroatoms. The molecular weight excluding hydrogens is 330 g/mol. The zero-order valence-electron chi connectivity index (χ0n) is 10.6. The van der Waals surface area contributed by atoms with Crippen LogP contribution in [0.2, 0.25) is 0 Å². The Morgan fingerprint density at radius 3 is 1.65 bits per heavy atom. The summed E-state index contributed by atoms with van der Waals surface area (Å²) in [5.41, 5.74) is 12.1. The molecule has 0 unspecified atom stereocenters. The molecule has 1 aromatic rings. The minimum Gasteiger partial charge on any atom is -0.316 e. The lowest BCUT2D eigenvalue weighted by molar-refractivity contribution is -0.716. The van der Waals surface area contributed by atoms with Gasteiger partial charge in [-0.2, -0.15) is 10.1 Å². The molecule has 0 aliphatic carbocycles. The summed E-state index contributed by atoms with van der Waals surface area (Å²) in [5, 5.41) is 28.1. The van der Waals surface area contributed by atoms with Crippen LogP contribution in [0.15, 0.2) is 0 Å². The Labute approximate surface area is 123 Å². The highest BCUT2D eigenvalue weighted by atomic mass is 17.0. The molecule has 0 saturated heterocycles. The highest BCUT2D eigenvalue weighted by Crippen LogP contribution is 2.18. The normalized spacial score (nSPS) is 8.70. The van der Waals surface area contributed by atoms with Crippen LogP contribution in [0.1, 0.15) is 0 Å². The minimum atomic E-state index is -1.35. The van der Waals surface area contributed by atoms with E-state index in [-0.39, 0.29) is 5.96 Å². The molecule has 0 aliphatic heterocycles. The first-order valence-corrected chi connectivity index (χ1v) is 4.75. The summed E-state index contributed by atoms with van der Waals surface area (Å²) in [6, 6.07) is -2.13. The van der Waals surface area contributed by atoms with Crippen LogP contribution in [0.25, 0.3) is 5.43 Å². The van der Waals surface area contributed by atoms with Crippen molar-refractivity contribution in [1.29, 1.82) is 0 Å². The second kappa shape index (κ2) is 8.77. The van der Waals surface area contributed by atoms with Crippen LogP contribution >= 0.6 is 0 Å². The first kappa shape index (κ1) is 18.7. The number of hydrogen-bond donors (Lipinski definition) is 4. The van der Waals surface area contributed by atoms with Crippen LogP contribution in [0.4, 0.5) is 5.95 Å². The predicted molar refractivity (Wildman–Crippen MR) is 63.6 cm³/mol. The molecule has 1 aromatic heterocycles. The fourth-order valence-corrected chi connectivity index (χ4v) is 0.661. The molecule has 0 aromatic carbocycles. The summed E-state index contributed by atoms with van der Waals surface area (Å²) in [7, 11) is 0. The summed E-state index contributed by atoms with van der Waals surface area (Å²) in [4.78, 5) is 46.5. The summed E-state index contributed by atoms with van der Waals surface area (Å²) < 4.78 is 0. The lowest BCUT2D eigenvalue weighted by Gasteiger charge is -2.08. The Balaban J connectivity index is 0.000000841. The number of nitrogens with two attached hydrogens (primary N) is 3. The first-order chi connectivity index (χ1) is 10.6. The molecule has 0 fully saturated rings. The fraction of sp³-hybridized carbons (Fsp3) is 0. The van der Waals surface area contributed by atoms with E-state index in [9.17, 15) is 30.3 Å². The molecule has 7 N–H and O–H groups in total. The van der Waals surface area contributed by atoms with E-state index in [2.05, 4.69) is 35.9 Å². The van der Waals surface area contributed by atoms with Gasteiger partial charge >= 0.3 is 16.1 Å². The van der Waals surface area contributed by atoms with Crippen LogP contribution < -0.4 is 32.1 Å². The number of hydrogen-bond acceptors (Lipinski definition) is 12. The van der Waals surface area contributed by atoms with E-state index >= 15 is 0 Å². The van der Waals surface area contributed by atoms with Crippen LogP contribution in [0, 0.1) is 30.3 Å². The number of nitrogens with zero attached hydrogens (tertiary/aromatic N) is 7. The van der Waals surface area contributed by atoms with E-state index in [1.165, 1.54) is 0 Å². The summed E-state index contributed by atoms with van der Waals surface area (Å²) in [6.45, 7) is 0. The minimum absolute atomic E-state index is 0.0324. The third-order valence-electron chi connectivity index (χ3n) is 1.23. The zero-order valence-corrected chi connectivity index (χ0v) is 10.6.